The number of anilines is 1. The minimum Gasteiger partial charge on any atom is -0.459 e. The van der Waals surface area contributed by atoms with Gasteiger partial charge in [-0.2, -0.15) is 0 Å². The Kier molecular flexibility index (Phi) is 26.3. The van der Waals surface area contributed by atoms with Gasteiger partial charge in [0.2, 0.25) is 23.6 Å². The van der Waals surface area contributed by atoms with Gasteiger partial charge in [0.15, 0.2) is 0 Å². The van der Waals surface area contributed by atoms with E-state index in [-0.39, 0.29) is 82.4 Å². The molecule has 6 amide bonds. The summed E-state index contributed by atoms with van der Waals surface area (Å²) in [5.74, 6) is -3.29. The average Bonchev–Trinajstić information content (AvgIpc) is 3.51. The van der Waals surface area contributed by atoms with Crippen molar-refractivity contribution < 1.29 is 62.0 Å². The van der Waals surface area contributed by atoms with Crippen LogP contribution in [0.1, 0.15) is 156 Å². The van der Waals surface area contributed by atoms with E-state index >= 15 is 0 Å². The van der Waals surface area contributed by atoms with Crippen LogP contribution in [0.5, 0.6) is 0 Å². The van der Waals surface area contributed by atoms with Crippen molar-refractivity contribution in [2.75, 3.05) is 44.8 Å². The number of hydrogen-bond donors (Lipinski definition) is 7. The third kappa shape index (κ3) is 28.7. The number of rotatable bonds is 27. The summed E-state index contributed by atoms with van der Waals surface area (Å²) in [5, 5.41) is 16.7. The summed E-state index contributed by atoms with van der Waals surface area (Å²) >= 11 is 0. The van der Waals surface area contributed by atoms with Gasteiger partial charge in [0, 0.05) is 43.2 Å². The predicted octanol–water partition coefficient (Wildman–Crippen LogP) is 4.46. The molecule has 1 aromatic rings. The first-order chi connectivity index (χ1) is 32.3. The van der Waals surface area contributed by atoms with E-state index in [1.165, 1.54) is 0 Å². The Morgan fingerprint density at radius 1 is 0.609 bits per heavy atom. The molecule has 20 nitrogen and oxygen atoms in total. The minimum absolute atomic E-state index is 0.00898. The van der Waals surface area contributed by atoms with Crippen LogP contribution in [0.25, 0.3) is 0 Å². The van der Waals surface area contributed by atoms with Gasteiger partial charge < -0.3 is 56.0 Å². The highest BCUT2D eigenvalue weighted by Crippen LogP contribution is 2.18. The molecular weight excluding hydrogens is 895 g/mol. The van der Waals surface area contributed by atoms with E-state index in [0.29, 0.717) is 37.1 Å². The van der Waals surface area contributed by atoms with Crippen LogP contribution in [0.2, 0.25) is 0 Å². The van der Waals surface area contributed by atoms with E-state index < -0.39 is 64.8 Å². The highest BCUT2D eigenvalue weighted by atomic mass is 16.6. The van der Waals surface area contributed by atoms with Crippen LogP contribution in [-0.4, -0.2) is 128 Å². The number of esters is 2. The molecule has 0 aromatic heterocycles. The van der Waals surface area contributed by atoms with E-state index in [1.807, 2.05) is 0 Å². The van der Waals surface area contributed by atoms with Crippen LogP contribution >= 0.6 is 0 Å². The topological polar surface area (TPSA) is 281 Å². The fourth-order valence-corrected chi connectivity index (χ4v) is 6.82. The molecule has 0 heterocycles. The summed E-state index contributed by atoms with van der Waals surface area (Å²) < 4.78 is 27.0. The Morgan fingerprint density at radius 3 is 1.81 bits per heavy atom. The molecule has 2 rings (SSSR count). The molecule has 390 valence electrons. The van der Waals surface area contributed by atoms with Crippen molar-refractivity contribution in [3.8, 4) is 0 Å². The minimum atomic E-state index is -1.12. The lowest BCUT2D eigenvalue weighted by molar-refractivity contribution is -0.159. The second-order valence-corrected chi connectivity index (χ2v) is 20.2. The zero-order valence-corrected chi connectivity index (χ0v) is 42.4. The molecule has 0 saturated heterocycles. The first kappa shape index (κ1) is 59.8. The van der Waals surface area contributed by atoms with Crippen molar-refractivity contribution >= 4 is 53.3 Å². The van der Waals surface area contributed by atoms with Gasteiger partial charge in [-0.3, -0.25) is 34.1 Å². The van der Waals surface area contributed by atoms with Gasteiger partial charge in [0.05, 0.1) is 19.8 Å². The third-order valence-electron chi connectivity index (χ3n) is 10.1. The van der Waals surface area contributed by atoms with Gasteiger partial charge in [-0.05, 0) is 132 Å². The molecule has 1 fully saturated rings. The molecule has 69 heavy (non-hydrogen) atoms. The molecule has 0 radical (unpaired) electrons. The van der Waals surface area contributed by atoms with Gasteiger partial charge in [0.1, 0.15) is 41.5 Å². The summed E-state index contributed by atoms with van der Waals surface area (Å²) in [7, 11) is 0. The van der Waals surface area contributed by atoms with Crippen LogP contribution in [0.15, 0.2) is 24.3 Å². The van der Waals surface area contributed by atoms with Crippen LogP contribution in [-0.2, 0) is 52.5 Å². The van der Waals surface area contributed by atoms with Gasteiger partial charge >= 0.3 is 18.0 Å². The normalized spacial score (nSPS) is 14.7. The van der Waals surface area contributed by atoms with E-state index in [4.69, 9.17) is 29.4 Å². The predicted molar refractivity (Wildman–Crippen MR) is 259 cm³/mol. The van der Waals surface area contributed by atoms with Crippen molar-refractivity contribution in [2.24, 2.45) is 5.73 Å². The number of ether oxygens (including phenoxy) is 5. The molecule has 0 aliphatic heterocycles. The maximum absolute atomic E-state index is 13.4. The van der Waals surface area contributed by atoms with Crippen molar-refractivity contribution in [3.05, 3.63) is 29.8 Å². The summed E-state index contributed by atoms with van der Waals surface area (Å²) in [6.45, 7) is 16.0. The highest BCUT2D eigenvalue weighted by molar-refractivity contribution is 5.95. The molecule has 1 aliphatic rings. The van der Waals surface area contributed by atoms with Crippen LogP contribution in [0.3, 0.4) is 0 Å². The van der Waals surface area contributed by atoms with Gasteiger partial charge in [-0.25, -0.2) is 9.59 Å². The number of unbranched alkanes of at least 4 members (excludes halogenated alkanes) is 1. The van der Waals surface area contributed by atoms with Crippen LogP contribution in [0.4, 0.5) is 10.5 Å². The Labute approximate surface area is 408 Å². The Bertz CT molecular complexity index is 1800. The zero-order chi connectivity index (χ0) is 51.6. The van der Waals surface area contributed by atoms with Crippen LogP contribution < -0.4 is 37.6 Å². The average molecular weight is 976 g/mol. The van der Waals surface area contributed by atoms with Crippen molar-refractivity contribution in [1.82, 2.24) is 26.6 Å². The number of carbonyl (C=O) groups excluding carboxylic acids is 8. The van der Waals surface area contributed by atoms with Gasteiger partial charge in [-0.1, -0.05) is 25.7 Å². The highest BCUT2D eigenvalue weighted by Gasteiger charge is 2.29. The molecular formula is C49H81N7O13. The number of amides is 6. The van der Waals surface area contributed by atoms with Gasteiger partial charge in [0.25, 0.3) is 5.91 Å². The Morgan fingerprint density at radius 2 is 1.19 bits per heavy atom. The quantitative estimate of drug-likeness (QED) is 0.0278. The standard InChI is InChI=1S/C49H81N7O13/c1-47(2,3)67-44(62)36(50)23-25-40(58)56-38(45(63)68-48(4,5)6)24-26-39(57)51-28-29-65-30-31-66-32-41(59)55-37(43(61)53-34-16-12-10-11-13-17-34)18-14-15-27-52-42(60)33-19-21-35(22-20-33)54-46(64)69-49(7,8)9/h19-22,34,36-38H,10-18,23-32,50H2,1-9H3,(H,51,57)(H,52,60)(H,53,61)(H,54,64)(H,55,59)(H,56,58)/t36-,37-,38?/m0/s1. The summed E-state index contributed by atoms with van der Waals surface area (Å²) in [6.07, 6.45) is 6.62. The first-order valence-corrected chi connectivity index (χ1v) is 24.2. The van der Waals surface area contributed by atoms with Crippen molar-refractivity contribution in [1.29, 1.82) is 0 Å². The van der Waals surface area contributed by atoms with Gasteiger partial charge in [-0.15, -0.1) is 0 Å². The molecule has 0 bridgehead atoms. The van der Waals surface area contributed by atoms with Crippen molar-refractivity contribution in [3.63, 3.8) is 0 Å². The van der Waals surface area contributed by atoms with Crippen molar-refractivity contribution in [2.45, 2.75) is 187 Å². The van der Waals surface area contributed by atoms with E-state index in [9.17, 15) is 38.4 Å². The molecule has 1 unspecified atom stereocenters. The maximum Gasteiger partial charge on any atom is 0.412 e. The van der Waals surface area contributed by atoms with E-state index in [0.717, 1.165) is 38.5 Å². The number of hydrogen-bond acceptors (Lipinski definition) is 14. The zero-order valence-electron chi connectivity index (χ0n) is 42.4. The third-order valence-corrected chi connectivity index (χ3v) is 10.1. The first-order valence-electron chi connectivity index (χ1n) is 24.2. The lowest BCUT2D eigenvalue weighted by atomic mass is 10.1. The molecule has 1 aromatic carbocycles. The largest absolute Gasteiger partial charge is 0.459 e. The molecule has 8 N–H and O–H groups in total. The SMILES string of the molecule is CC(C)(C)OC(=O)Nc1ccc(C(=O)NCCCC[C@H](NC(=O)COCCOCCNC(=O)CCC(NC(=O)CC[C@H](N)C(=O)OC(C)(C)C)C(=O)OC(C)(C)C)C(=O)NC2CCCCCC2)cc1. The number of nitrogens with one attached hydrogen (secondary N) is 6. The molecule has 1 saturated carbocycles. The summed E-state index contributed by atoms with van der Waals surface area (Å²) in [4.78, 5) is 102. The Balaban J connectivity index is 1.76. The van der Waals surface area contributed by atoms with Crippen LogP contribution in [0, 0.1) is 0 Å². The lowest BCUT2D eigenvalue weighted by Crippen LogP contribution is -2.50. The Hall–Kier alpha value is -5.34. The maximum atomic E-state index is 13.4. The summed E-state index contributed by atoms with van der Waals surface area (Å²) in [6, 6.07) is 3.51. The number of benzene rings is 1. The molecule has 20 heteroatoms. The fraction of sp³-hybridized carbons (Fsp3) is 0.714. The van der Waals surface area contributed by atoms with E-state index in [1.54, 1.807) is 86.6 Å². The molecule has 3 atom stereocenters. The summed E-state index contributed by atoms with van der Waals surface area (Å²) in [5.41, 5.74) is 4.57. The fourth-order valence-electron chi connectivity index (χ4n) is 6.82. The number of nitrogens with two attached hydrogens (primary N) is 1. The second kappa shape index (κ2) is 30.3. The molecule has 1 aliphatic carbocycles. The molecule has 0 spiro atoms. The van der Waals surface area contributed by atoms with E-state index in [2.05, 4.69) is 31.9 Å². The lowest BCUT2D eigenvalue weighted by Gasteiger charge is -2.25. The second-order valence-electron chi connectivity index (χ2n) is 20.2. The number of carbonyl (C=O) groups is 8. The smallest absolute Gasteiger partial charge is 0.412 e. The monoisotopic (exact) mass is 976 g/mol.